The van der Waals surface area contributed by atoms with E-state index in [4.69, 9.17) is 0 Å². The summed E-state index contributed by atoms with van der Waals surface area (Å²) in [6.07, 6.45) is 0.994. The first kappa shape index (κ1) is 8.01. The minimum atomic E-state index is 0.0934. The van der Waals surface area contributed by atoms with Crippen LogP contribution in [0.25, 0.3) is 0 Å². The molecular formula is C8H15N3O. The van der Waals surface area contributed by atoms with Gasteiger partial charge in [0.2, 0.25) is 5.91 Å². The summed E-state index contributed by atoms with van der Waals surface area (Å²) in [5, 5.41) is 6.09. The van der Waals surface area contributed by atoms with Crippen LogP contribution in [0.2, 0.25) is 0 Å². The molecule has 0 aliphatic carbocycles. The highest BCUT2D eigenvalue weighted by Gasteiger charge is 2.30. The van der Waals surface area contributed by atoms with Crippen LogP contribution in [0.15, 0.2) is 0 Å². The monoisotopic (exact) mass is 169 g/mol. The van der Waals surface area contributed by atoms with Gasteiger partial charge in [-0.1, -0.05) is 0 Å². The Morgan fingerprint density at radius 1 is 1.58 bits per heavy atom. The molecule has 2 saturated heterocycles. The van der Waals surface area contributed by atoms with E-state index < -0.39 is 0 Å². The maximum atomic E-state index is 11.3. The molecule has 0 radical (unpaired) electrons. The molecule has 2 aliphatic rings. The Kier molecular flexibility index (Phi) is 2.02. The zero-order valence-electron chi connectivity index (χ0n) is 7.34. The van der Waals surface area contributed by atoms with Gasteiger partial charge in [-0.15, -0.1) is 0 Å². The van der Waals surface area contributed by atoms with Crippen LogP contribution >= 0.6 is 0 Å². The smallest absolute Gasteiger partial charge is 0.237 e. The summed E-state index contributed by atoms with van der Waals surface area (Å²) >= 11 is 0. The summed E-state index contributed by atoms with van der Waals surface area (Å²) in [5.74, 6) is 0.180. The standard InChI is InChI=1S/C8H15N3O/c1-11-4-6(5-11)10-8(12)7-2-3-9-7/h6-7,9H,2-5H2,1H3,(H,10,12). The predicted molar refractivity (Wildman–Crippen MR) is 45.8 cm³/mol. The molecule has 68 valence electrons. The summed E-state index contributed by atoms with van der Waals surface area (Å²) in [7, 11) is 2.06. The van der Waals surface area contributed by atoms with Crippen molar-refractivity contribution in [3.05, 3.63) is 0 Å². The van der Waals surface area contributed by atoms with Crippen LogP contribution in [0.3, 0.4) is 0 Å². The average Bonchev–Trinajstić information content (AvgIpc) is 1.79. The van der Waals surface area contributed by atoms with E-state index in [1.165, 1.54) is 0 Å². The van der Waals surface area contributed by atoms with Crippen LogP contribution in [-0.4, -0.2) is 49.6 Å². The minimum Gasteiger partial charge on any atom is -0.349 e. The number of nitrogens with zero attached hydrogens (tertiary/aromatic N) is 1. The number of amides is 1. The van der Waals surface area contributed by atoms with E-state index in [0.29, 0.717) is 6.04 Å². The summed E-state index contributed by atoms with van der Waals surface area (Å²) < 4.78 is 0. The molecule has 4 heteroatoms. The van der Waals surface area contributed by atoms with E-state index in [2.05, 4.69) is 22.6 Å². The first-order valence-electron chi connectivity index (χ1n) is 4.48. The lowest BCUT2D eigenvalue weighted by Crippen LogP contribution is -2.62. The Bertz CT molecular complexity index is 185. The highest BCUT2D eigenvalue weighted by Crippen LogP contribution is 2.06. The van der Waals surface area contributed by atoms with Gasteiger partial charge >= 0.3 is 0 Å². The molecule has 0 aromatic rings. The van der Waals surface area contributed by atoms with Gasteiger partial charge in [0.15, 0.2) is 0 Å². The molecule has 1 atom stereocenters. The van der Waals surface area contributed by atoms with Crippen LogP contribution in [0.1, 0.15) is 6.42 Å². The van der Waals surface area contributed by atoms with E-state index >= 15 is 0 Å². The van der Waals surface area contributed by atoms with Gasteiger partial charge in [0.05, 0.1) is 12.1 Å². The predicted octanol–water partition coefficient (Wildman–Crippen LogP) is -1.22. The summed E-state index contributed by atoms with van der Waals surface area (Å²) in [5.41, 5.74) is 0. The Morgan fingerprint density at radius 2 is 2.25 bits per heavy atom. The lowest BCUT2D eigenvalue weighted by molar-refractivity contribution is -0.126. The quantitative estimate of drug-likeness (QED) is 0.544. The normalized spacial score (nSPS) is 30.6. The molecular weight excluding hydrogens is 154 g/mol. The first-order valence-corrected chi connectivity index (χ1v) is 4.48. The van der Waals surface area contributed by atoms with Crippen molar-refractivity contribution in [2.45, 2.75) is 18.5 Å². The van der Waals surface area contributed by atoms with Gasteiger partial charge < -0.3 is 15.5 Å². The van der Waals surface area contributed by atoms with Gasteiger partial charge in [-0.2, -0.15) is 0 Å². The van der Waals surface area contributed by atoms with Crippen molar-refractivity contribution < 1.29 is 4.79 Å². The molecule has 4 nitrogen and oxygen atoms in total. The third-order valence-electron chi connectivity index (χ3n) is 2.55. The highest BCUT2D eigenvalue weighted by molar-refractivity contribution is 5.83. The fourth-order valence-electron chi connectivity index (χ4n) is 1.60. The molecule has 2 aliphatic heterocycles. The van der Waals surface area contributed by atoms with E-state index in [-0.39, 0.29) is 11.9 Å². The second-order valence-corrected chi connectivity index (χ2v) is 3.72. The van der Waals surface area contributed by atoms with E-state index in [0.717, 1.165) is 26.1 Å². The van der Waals surface area contributed by atoms with Gasteiger partial charge in [0, 0.05) is 13.1 Å². The van der Waals surface area contributed by atoms with Crippen LogP contribution < -0.4 is 10.6 Å². The second-order valence-electron chi connectivity index (χ2n) is 3.72. The molecule has 0 bridgehead atoms. The summed E-state index contributed by atoms with van der Waals surface area (Å²) in [6, 6.07) is 0.487. The number of carbonyl (C=O) groups is 1. The third-order valence-corrected chi connectivity index (χ3v) is 2.55. The number of nitrogens with one attached hydrogen (secondary N) is 2. The van der Waals surface area contributed by atoms with Crippen molar-refractivity contribution in [1.29, 1.82) is 0 Å². The number of likely N-dealkylation sites (N-methyl/N-ethyl adjacent to an activating group) is 1. The largest absolute Gasteiger partial charge is 0.349 e. The highest BCUT2D eigenvalue weighted by atomic mass is 16.2. The molecule has 2 N–H and O–H groups in total. The Labute approximate surface area is 72.3 Å². The maximum absolute atomic E-state index is 11.3. The van der Waals surface area contributed by atoms with Crippen LogP contribution in [0.5, 0.6) is 0 Å². The minimum absolute atomic E-state index is 0.0934. The molecule has 0 spiro atoms. The van der Waals surface area contributed by atoms with Crippen LogP contribution in [-0.2, 0) is 4.79 Å². The lowest BCUT2D eigenvalue weighted by atomic mass is 10.0. The third kappa shape index (κ3) is 1.44. The second kappa shape index (κ2) is 3.03. The number of likely N-dealkylation sites (tertiary alicyclic amines) is 1. The van der Waals surface area contributed by atoms with Crippen LogP contribution in [0, 0.1) is 0 Å². The van der Waals surface area contributed by atoms with Gasteiger partial charge in [0.1, 0.15) is 0 Å². The van der Waals surface area contributed by atoms with Crippen molar-refractivity contribution in [2.24, 2.45) is 0 Å². The van der Waals surface area contributed by atoms with Gasteiger partial charge in [-0.25, -0.2) is 0 Å². The number of rotatable bonds is 2. The zero-order valence-corrected chi connectivity index (χ0v) is 7.34. The molecule has 0 aromatic heterocycles. The number of hydrogen-bond donors (Lipinski definition) is 2. The fraction of sp³-hybridized carbons (Fsp3) is 0.875. The SMILES string of the molecule is CN1CC(NC(=O)C2CCN2)C1. The van der Waals surface area contributed by atoms with Gasteiger partial charge in [0.25, 0.3) is 0 Å². The van der Waals surface area contributed by atoms with Crippen molar-refractivity contribution in [3.63, 3.8) is 0 Å². The fourth-order valence-corrected chi connectivity index (χ4v) is 1.60. The summed E-state index contributed by atoms with van der Waals surface area (Å²) in [6.45, 7) is 2.99. The molecule has 1 amide bonds. The summed E-state index contributed by atoms with van der Waals surface area (Å²) in [4.78, 5) is 13.5. The van der Waals surface area contributed by atoms with Gasteiger partial charge in [-0.05, 0) is 20.0 Å². The van der Waals surface area contributed by atoms with Crippen molar-refractivity contribution >= 4 is 5.91 Å². The Hall–Kier alpha value is -0.610. The number of hydrogen-bond acceptors (Lipinski definition) is 3. The number of carbonyl (C=O) groups excluding carboxylic acids is 1. The molecule has 2 heterocycles. The van der Waals surface area contributed by atoms with E-state index in [1.807, 2.05) is 0 Å². The van der Waals surface area contributed by atoms with Crippen molar-refractivity contribution in [2.75, 3.05) is 26.7 Å². The Morgan fingerprint density at radius 3 is 2.67 bits per heavy atom. The molecule has 2 fully saturated rings. The molecule has 2 rings (SSSR count). The van der Waals surface area contributed by atoms with Crippen molar-refractivity contribution in [3.8, 4) is 0 Å². The lowest BCUT2D eigenvalue weighted by Gasteiger charge is -2.38. The van der Waals surface area contributed by atoms with E-state index in [9.17, 15) is 4.79 Å². The van der Waals surface area contributed by atoms with Crippen molar-refractivity contribution in [1.82, 2.24) is 15.5 Å². The van der Waals surface area contributed by atoms with Gasteiger partial charge in [-0.3, -0.25) is 4.79 Å². The van der Waals surface area contributed by atoms with Crippen LogP contribution in [0.4, 0.5) is 0 Å². The topological polar surface area (TPSA) is 44.4 Å². The molecule has 1 unspecified atom stereocenters. The average molecular weight is 169 g/mol. The molecule has 12 heavy (non-hydrogen) atoms. The molecule has 0 saturated carbocycles. The first-order chi connectivity index (χ1) is 5.75. The van der Waals surface area contributed by atoms with E-state index in [1.54, 1.807) is 0 Å². The zero-order chi connectivity index (χ0) is 8.55. The maximum Gasteiger partial charge on any atom is 0.237 e. The molecule has 0 aromatic carbocycles. The Balaban J connectivity index is 1.69.